The van der Waals surface area contributed by atoms with E-state index in [0.717, 1.165) is 28.1 Å². The van der Waals surface area contributed by atoms with E-state index >= 15 is 0 Å². The third-order valence-electron chi connectivity index (χ3n) is 4.36. The molecule has 0 aliphatic carbocycles. The Morgan fingerprint density at radius 1 is 1.04 bits per heavy atom. The topological polar surface area (TPSA) is 79.5 Å². The Morgan fingerprint density at radius 3 is 2.50 bits per heavy atom. The van der Waals surface area contributed by atoms with E-state index in [4.69, 9.17) is 0 Å². The monoisotopic (exact) mass is 346 g/mol. The van der Waals surface area contributed by atoms with E-state index in [2.05, 4.69) is 15.6 Å². The van der Waals surface area contributed by atoms with Crippen molar-refractivity contribution in [2.45, 2.75) is 19.8 Å². The number of carbonyl (C=O) groups is 1. The lowest BCUT2D eigenvalue weighted by atomic mass is 10.0. The summed E-state index contributed by atoms with van der Waals surface area (Å²) in [4.78, 5) is 11.2. The summed E-state index contributed by atoms with van der Waals surface area (Å²) >= 11 is 0. The Morgan fingerprint density at radius 2 is 1.81 bits per heavy atom. The second-order valence-electron chi connectivity index (χ2n) is 6.31. The van der Waals surface area contributed by atoms with Gasteiger partial charge >= 0.3 is 0 Å². The van der Waals surface area contributed by atoms with E-state index in [1.165, 1.54) is 4.68 Å². The van der Waals surface area contributed by atoms with Crippen molar-refractivity contribution in [3.8, 4) is 22.8 Å². The third kappa shape index (κ3) is 3.09. The first-order valence-electron chi connectivity index (χ1n) is 8.42. The van der Waals surface area contributed by atoms with Crippen molar-refractivity contribution in [2.24, 2.45) is 5.10 Å². The van der Waals surface area contributed by atoms with Crippen molar-refractivity contribution in [2.75, 3.05) is 0 Å². The van der Waals surface area contributed by atoms with Crippen LogP contribution in [0.2, 0.25) is 0 Å². The molecule has 0 spiro atoms. The molecule has 1 aliphatic rings. The highest BCUT2D eigenvalue weighted by Gasteiger charge is 2.14. The molecule has 2 aromatic carbocycles. The molecule has 6 nitrogen and oxygen atoms in total. The molecule has 2 heterocycles. The number of aryl methyl sites for hydroxylation is 1. The first-order chi connectivity index (χ1) is 12.6. The van der Waals surface area contributed by atoms with E-state index in [1.807, 2.05) is 55.5 Å². The van der Waals surface area contributed by atoms with Crippen LogP contribution < -0.4 is 5.43 Å². The fourth-order valence-electron chi connectivity index (χ4n) is 2.98. The van der Waals surface area contributed by atoms with Crippen LogP contribution in [-0.4, -0.2) is 26.5 Å². The van der Waals surface area contributed by atoms with Gasteiger partial charge in [-0.05, 0) is 30.2 Å². The number of hydrogen-bond donors (Lipinski definition) is 2. The van der Waals surface area contributed by atoms with Gasteiger partial charge in [0.2, 0.25) is 11.8 Å². The van der Waals surface area contributed by atoms with Gasteiger partial charge in [0.1, 0.15) is 0 Å². The van der Waals surface area contributed by atoms with Gasteiger partial charge in [-0.15, -0.1) is 0 Å². The lowest BCUT2D eigenvalue weighted by Crippen LogP contribution is -2.25. The van der Waals surface area contributed by atoms with Gasteiger partial charge in [0.25, 0.3) is 0 Å². The first-order valence-corrected chi connectivity index (χ1v) is 8.42. The largest absolute Gasteiger partial charge is 0.493 e. The highest BCUT2D eigenvalue weighted by molar-refractivity contribution is 6.04. The van der Waals surface area contributed by atoms with Gasteiger partial charge in [-0.1, -0.05) is 36.4 Å². The molecule has 0 unspecified atom stereocenters. The van der Waals surface area contributed by atoms with E-state index in [1.54, 1.807) is 6.07 Å². The van der Waals surface area contributed by atoms with Crippen molar-refractivity contribution in [3.05, 3.63) is 65.7 Å². The maximum atomic E-state index is 11.2. The van der Waals surface area contributed by atoms with E-state index in [-0.39, 0.29) is 11.8 Å². The Labute approximate surface area is 150 Å². The van der Waals surface area contributed by atoms with Crippen molar-refractivity contribution in [1.29, 1.82) is 0 Å². The summed E-state index contributed by atoms with van der Waals surface area (Å²) in [6.45, 7) is 2.00. The fourth-order valence-corrected chi connectivity index (χ4v) is 2.98. The number of benzene rings is 2. The second-order valence-corrected chi connectivity index (χ2v) is 6.31. The Kier molecular flexibility index (Phi) is 4.01. The summed E-state index contributed by atoms with van der Waals surface area (Å²) < 4.78 is 1.52. The standard InChI is InChI=1S/C20H18N4O2/c1-13-3-2-4-16(11-13)24-20(26)12-18(23-24)15-7-5-14(6-8-15)17-9-10-19(25)22-21-17/h2-8,11-12,26H,9-10H2,1H3,(H,22,25). The van der Waals surface area contributed by atoms with Crippen LogP contribution in [0.1, 0.15) is 24.0 Å². The first kappa shape index (κ1) is 16.1. The minimum Gasteiger partial charge on any atom is -0.493 e. The van der Waals surface area contributed by atoms with Crippen molar-refractivity contribution in [1.82, 2.24) is 15.2 Å². The molecule has 1 aromatic heterocycles. The lowest BCUT2D eigenvalue weighted by molar-refractivity contribution is -0.121. The summed E-state index contributed by atoms with van der Waals surface area (Å²) in [6, 6.07) is 17.2. The molecule has 0 atom stereocenters. The molecule has 0 saturated heterocycles. The summed E-state index contributed by atoms with van der Waals surface area (Å²) in [6.07, 6.45) is 1.09. The van der Waals surface area contributed by atoms with Gasteiger partial charge in [0.05, 0.1) is 17.1 Å². The number of nitrogens with one attached hydrogen (secondary N) is 1. The predicted molar refractivity (Wildman–Crippen MR) is 99.3 cm³/mol. The maximum absolute atomic E-state index is 11.2. The summed E-state index contributed by atoms with van der Waals surface area (Å²) in [5.74, 6) is 0.0385. The van der Waals surface area contributed by atoms with Crippen LogP contribution in [0, 0.1) is 6.92 Å². The summed E-state index contributed by atoms with van der Waals surface area (Å²) in [7, 11) is 0. The number of rotatable bonds is 3. The number of aromatic nitrogens is 2. The molecule has 0 radical (unpaired) electrons. The van der Waals surface area contributed by atoms with Crippen molar-refractivity contribution in [3.63, 3.8) is 0 Å². The normalized spacial score (nSPS) is 14.0. The zero-order valence-corrected chi connectivity index (χ0v) is 14.3. The highest BCUT2D eigenvalue weighted by Crippen LogP contribution is 2.26. The highest BCUT2D eigenvalue weighted by atomic mass is 16.3. The van der Waals surface area contributed by atoms with E-state index in [9.17, 15) is 9.90 Å². The number of amides is 1. The number of carbonyl (C=O) groups excluding carboxylic acids is 1. The molecule has 0 fully saturated rings. The van der Waals surface area contributed by atoms with E-state index in [0.29, 0.717) is 18.5 Å². The predicted octanol–water partition coefficient (Wildman–Crippen LogP) is 3.17. The molecular weight excluding hydrogens is 328 g/mol. The summed E-state index contributed by atoms with van der Waals surface area (Å²) in [5, 5.41) is 18.9. The number of hydrogen-bond acceptors (Lipinski definition) is 4. The fraction of sp³-hybridized carbons (Fsp3) is 0.150. The van der Waals surface area contributed by atoms with Crippen LogP contribution in [0.4, 0.5) is 0 Å². The van der Waals surface area contributed by atoms with Gasteiger partial charge in [0, 0.05) is 24.5 Å². The van der Waals surface area contributed by atoms with Crippen LogP contribution in [0.5, 0.6) is 5.88 Å². The molecule has 130 valence electrons. The number of nitrogens with zero attached hydrogens (tertiary/aromatic N) is 3. The summed E-state index contributed by atoms with van der Waals surface area (Å²) in [5.41, 5.74) is 7.85. The quantitative estimate of drug-likeness (QED) is 0.764. The van der Waals surface area contributed by atoms with Crippen molar-refractivity contribution >= 4 is 11.6 Å². The molecular formula is C20H18N4O2. The molecule has 0 bridgehead atoms. The molecule has 3 aromatic rings. The molecule has 1 amide bonds. The SMILES string of the molecule is Cc1cccc(-n2nc(-c3ccc(C4=NNC(=O)CC4)cc3)cc2O)c1. The zero-order chi connectivity index (χ0) is 18.1. The number of aromatic hydroxyl groups is 1. The van der Waals surface area contributed by atoms with Crippen LogP contribution >= 0.6 is 0 Å². The molecule has 26 heavy (non-hydrogen) atoms. The second kappa shape index (κ2) is 6.48. The van der Waals surface area contributed by atoms with Crippen LogP contribution in [0.15, 0.2) is 59.7 Å². The van der Waals surface area contributed by atoms with Crippen LogP contribution in [0.25, 0.3) is 16.9 Å². The Hall–Kier alpha value is -3.41. The molecule has 1 aliphatic heterocycles. The zero-order valence-electron chi connectivity index (χ0n) is 14.3. The maximum Gasteiger partial charge on any atom is 0.240 e. The van der Waals surface area contributed by atoms with Crippen LogP contribution in [0.3, 0.4) is 0 Å². The lowest BCUT2D eigenvalue weighted by Gasteiger charge is -2.12. The average molecular weight is 346 g/mol. The van der Waals surface area contributed by atoms with Crippen molar-refractivity contribution < 1.29 is 9.90 Å². The number of hydrazone groups is 1. The van der Waals surface area contributed by atoms with Gasteiger partial charge in [0.15, 0.2) is 0 Å². The van der Waals surface area contributed by atoms with Gasteiger partial charge in [-0.25, -0.2) is 10.1 Å². The van der Waals surface area contributed by atoms with Gasteiger partial charge in [-0.2, -0.15) is 10.2 Å². The molecule has 4 rings (SSSR count). The Balaban J connectivity index is 1.62. The van der Waals surface area contributed by atoms with Crippen LogP contribution in [-0.2, 0) is 4.79 Å². The van der Waals surface area contributed by atoms with Gasteiger partial charge in [-0.3, -0.25) is 4.79 Å². The third-order valence-corrected chi connectivity index (χ3v) is 4.36. The smallest absolute Gasteiger partial charge is 0.240 e. The molecule has 2 N–H and O–H groups in total. The Bertz CT molecular complexity index is 1000. The average Bonchev–Trinajstić information content (AvgIpc) is 3.04. The van der Waals surface area contributed by atoms with E-state index < -0.39 is 0 Å². The van der Waals surface area contributed by atoms with Gasteiger partial charge < -0.3 is 5.11 Å². The minimum absolute atomic E-state index is 0.0532. The molecule has 0 saturated carbocycles. The minimum atomic E-state index is -0.0532. The molecule has 6 heteroatoms.